The van der Waals surface area contributed by atoms with Crippen molar-refractivity contribution in [2.24, 2.45) is 5.41 Å². The van der Waals surface area contributed by atoms with Crippen LogP contribution in [0.5, 0.6) is 0 Å². The van der Waals surface area contributed by atoms with Crippen LogP contribution in [-0.4, -0.2) is 42.8 Å². The number of aliphatic hydroxyl groups is 1. The summed E-state index contributed by atoms with van der Waals surface area (Å²) in [7, 11) is 0. The minimum atomic E-state index is -0.199. The van der Waals surface area contributed by atoms with Gasteiger partial charge < -0.3 is 10.4 Å². The molecule has 1 fully saturated rings. The third-order valence-corrected chi connectivity index (χ3v) is 3.77. The van der Waals surface area contributed by atoms with Crippen molar-refractivity contribution in [3.05, 3.63) is 35.6 Å². The van der Waals surface area contributed by atoms with Gasteiger partial charge in [0.2, 0.25) is 0 Å². The fourth-order valence-electron chi connectivity index (χ4n) is 2.79. The minimum Gasteiger partial charge on any atom is -0.395 e. The van der Waals surface area contributed by atoms with E-state index in [-0.39, 0.29) is 17.8 Å². The molecule has 0 aromatic heterocycles. The van der Waals surface area contributed by atoms with Gasteiger partial charge in [0, 0.05) is 26.2 Å². The van der Waals surface area contributed by atoms with Crippen molar-refractivity contribution in [2.45, 2.75) is 19.9 Å². The Kier molecular flexibility index (Phi) is 4.91. The second-order valence-corrected chi connectivity index (χ2v) is 5.80. The number of hydrogen-bond donors (Lipinski definition) is 2. The summed E-state index contributed by atoms with van der Waals surface area (Å²) in [6.07, 6.45) is 1.15. The summed E-state index contributed by atoms with van der Waals surface area (Å²) in [5, 5.41) is 12.6. The number of nitrogens with zero attached hydrogens (tertiary/aromatic N) is 1. The zero-order valence-electron chi connectivity index (χ0n) is 11.5. The molecule has 1 saturated heterocycles. The Hall–Kier alpha value is -0.970. The van der Waals surface area contributed by atoms with Crippen molar-refractivity contribution < 1.29 is 9.50 Å². The second kappa shape index (κ2) is 6.46. The highest BCUT2D eigenvalue weighted by Gasteiger charge is 2.30. The Morgan fingerprint density at radius 2 is 2.32 bits per heavy atom. The lowest BCUT2D eigenvalue weighted by atomic mass is 9.89. The number of benzene rings is 1. The van der Waals surface area contributed by atoms with E-state index >= 15 is 0 Å². The van der Waals surface area contributed by atoms with Crippen molar-refractivity contribution >= 4 is 0 Å². The molecule has 19 heavy (non-hydrogen) atoms. The van der Waals surface area contributed by atoms with E-state index in [4.69, 9.17) is 0 Å². The van der Waals surface area contributed by atoms with Gasteiger partial charge in [-0.05, 0) is 36.1 Å². The molecule has 1 aromatic rings. The molecule has 1 aliphatic rings. The van der Waals surface area contributed by atoms with Crippen LogP contribution in [0.15, 0.2) is 24.3 Å². The third-order valence-electron chi connectivity index (χ3n) is 3.77. The molecule has 1 unspecified atom stereocenters. The summed E-state index contributed by atoms with van der Waals surface area (Å²) in [6.45, 7) is 6.72. The molecular formula is C15H23FN2O. The Balaban J connectivity index is 1.99. The summed E-state index contributed by atoms with van der Waals surface area (Å²) in [4.78, 5) is 2.21. The molecule has 0 bridgehead atoms. The molecule has 106 valence electrons. The molecule has 1 atom stereocenters. The number of rotatable bonds is 6. The first-order valence-electron chi connectivity index (χ1n) is 6.90. The van der Waals surface area contributed by atoms with Gasteiger partial charge in [0.25, 0.3) is 0 Å². The highest BCUT2D eigenvalue weighted by molar-refractivity contribution is 5.16. The van der Waals surface area contributed by atoms with Crippen LogP contribution in [-0.2, 0) is 6.54 Å². The van der Waals surface area contributed by atoms with Gasteiger partial charge in [-0.25, -0.2) is 4.39 Å². The normalized spacial score (nSPS) is 23.2. The number of aliphatic hydroxyl groups excluding tert-OH is 1. The Morgan fingerprint density at radius 3 is 2.95 bits per heavy atom. The van der Waals surface area contributed by atoms with Crippen LogP contribution in [0, 0.1) is 11.2 Å². The first-order valence-corrected chi connectivity index (χ1v) is 6.90. The Labute approximate surface area is 114 Å². The molecule has 1 aliphatic heterocycles. The Bertz CT molecular complexity index is 405. The molecule has 0 saturated carbocycles. The predicted octanol–water partition coefficient (Wildman–Crippen LogP) is 1.62. The molecule has 1 heterocycles. The van der Waals surface area contributed by atoms with Crippen LogP contribution in [0.4, 0.5) is 4.39 Å². The van der Waals surface area contributed by atoms with Gasteiger partial charge in [-0.1, -0.05) is 19.1 Å². The van der Waals surface area contributed by atoms with E-state index in [1.807, 2.05) is 6.07 Å². The van der Waals surface area contributed by atoms with Gasteiger partial charge in [-0.2, -0.15) is 0 Å². The summed E-state index contributed by atoms with van der Waals surface area (Å²) in [5.41, 5.74) is 1.21. The second-order valence-electron chi connectivity index (χ2n) is 5.80. The highest BCUT2D eigenvalue weighted by atomic mass is 19.1. The third kappa shape index (κ3) is 4.27. The van der Waals surface area contributed by atoms with E-state index in [1.54, 1.807) is 12.1 Å². The first kappa shape index (κ1) is 14.4. The summed E-state index contributed by atoms with van der Waals surface area (Å²) in [6, 6.07) is 6.70. The molecule has 0 aliphatic carbocycles. The quantitative estimate of drug-likeness (QED) is 0.821. The van der Waals surface area contributed by atoms with E-state index in [9.17, 15) is 9.50 Å². The van der Waals surface area contributed by atoms with Crippen molar-refractivity contribution in [2.75, 3.05) is 32.8 Å². The van der Waals surface area contributed by atoms with Crippen LogP contribution >= 0.6 is 0 Å². The lowest BCUT2D eigenvalue weighted by Gasteiger charge is -2.31. The van der Waals surface area contributed by atoms with Crippen molar-refractivity contribution in [1.29, 1.82) is 0 Å². The average Bonchev–Trinajstić information content (AvgIpc) is 2.76. The maximum Gasteiger partial charge on any atom is 0.123 e. The molecule has 0 spiro atoms. The van der Waals surface area contributed by atoms with Gasteiger partial charge in [0.1, 0.15) is 5.82 Å². The van der Waals surface area contributed by atoms with Crippen molar-refractivity contribution in [3.63, 3.8) is 0 Å². The van der Waals surface area contributed by atoms with E-state index in [0.29, 0.717) is 13.1 Å². The highest BCUT2D eigenvalue weighted by Crippen LogP contribution is 2.26. The molecule has 2 rings (SSSR count). The molecular weight excluding hydrogens is 243 g/mol. The largest absolute Gasteiger partial charge is 0.395 e. The maximum absolute atomic E-state index is 13.2. The Morgan fingerprint density at radius 1 is 1.47 bits per heavy atom. The van der Waals surface area contributed by atoms with Crippen LogP contribution in [0.25, 0.3) is 0 Å². The average molecular weight is 266 g/mol. The van der Waals surface area contributed by atoms with Gasteiger partial charge in [-0.15, -0.1) is 0 Å². The van der Waals surface area contributed by atoms with Crippen LogP contribution < -0.4 is 5.32 Å². The van der Waals surface area contributed by atoms with Gasteiger partial charge in [0.15, 0.2) is 0 Å². The van der Waals surface area contributed by atoms with Crippen molar-refractivity contribution in [3.8, 4) is 0 Å². The first-order chi connectivity index (χ1) is 9.11. The topological polar surface area (TPSA) is 35.5 Å². The molecule has 3 nitrogen and oxygen atoms in total. The van der Waals surface area contributed by atoms with Crippen molar-refractivity contribution in [1.82, 2.24) is 10.2 Å². The van der Waals surface area contributed by atoms with E-state index < -0.39 is 0 Å². The zero-order chi connectivity index (χ0) is 13.7. The standard InChI is InChI=1S/C15H23FN2O/c1-15(5-6-17-11-15)12-18(7-8-19)10-13-3-2-4-14(16)9-13/h2-4,9,17,19H,5-8,10-12H2,1H3. The number of halogens is 1. The summed E-state index contributed by atoms with van der Waals surface area (Å²) < 4.78 is 13.2. The van der Waals surface area contributed by atoms with Gasteiger partial charge >= 0.3 is 0 Å². The molecule has 4 heteroatoms. The maximum atomic E-state index is 13.2. The molecule has 1 aromatic carbocycles. The number of hydrogen-bond acceptors (Lipinski definition) is 3. The van der Waals surface area contributed by atoms with E-state index in [2.05, 4.69) is 17.1 Å². The van der Waals surface area contributed by atoms with Crippen LogP contribution in [0.1, 0.15) is 18.9 Å². The van der Waals surface area contributed by atoms with E-state index in [1.165, 1.54) is 6.07 Å². The monoisotopic (exact) mass is 266 g/mol. The molecule has 0 amide bonds. The predicted molar refractivity (Wildman–Crippen MR) is 74.4 cm³/mol. The lowest BCUT2D eigenvalue weighted by molar-refractivity contribution is 0.137. The fourth-order valence-corrected chi connectivity index (χ4v) is 2.79. The lowest BCUT2D eigenvalue weighted by Crippen LogP contribution is -2.38. The van der Waals surface area contributed by atoms with E-state index in [0.717, 1.165) is 31.6 Å². The summed E-state index contributed by atoms with van der Waals surface area (Å²) >= 11 is 0. The van der Waals surface area contributed by atoms with Crippen LogP contribution in [0.3, 0.4) is 0 Å². The molecule has 0 radical (unpaired) electrons. The number of nitrogens with one attached hydrogen (secondary N) is 1. The SMILES string of the molecule is CC1(CN(CCO)Cc2cccc(F)c2)CCNC1. The zero-order valence-corrected chi connectivity index (χ0v) is 11.5. The minimum absolute atomic E-state index is 0.138. The summed E-state index contributed by atoms with van der Waals surface area (Å²) in [5.74, 6) is -0.199. The smallest absolute Gasteiger partial charge is 0.123 e. The van der Waals surface area contributed by atoms with Gasteiger partial charge in [-0.3, -0.25) is 4.90 Å². The fraction of sp³-hybridized carbons (Fsp3) is 0.600. The molecule has 2 N–H and O–H groups in total. The van der Waals surface area contributed by atoms with Gasteiger partial charge in [0.05, 0.1) is 6.61 Å². The van der Waals surface area contributed by atoms with Crippen LogP contribution in [0.2, 0.25) is 0 Å².